The number of carboxylic acid groups (broad SMARTS) is 1. The van der Waals surface area contributed by atoms with Gasteiger partial charge in [0.2, 0.25) is 0 Å². The van der Waals surface area contributed by atoms with Crippen LogP contribution in [0.15, 0.2) is 47.2 Å². The fraction of sp³-hybridized carbons (Fsp3) is 0.348. The average Bonchev–Trinajstić information content (AvgIpc) is 3.36. The van der Waals surface area contributed by atoms with E-state index in [-0.39, 0.29) is 0 Å². The monoisotopic (exact) mass is 427 g/mol. The van der Waals surface area contributed by atoms with E-state index in [0.29, 0.717) is 6.42 Å². The molecule has 1 atom stereocenters. The highest BCUT2D eigenvalue weighted by atomic mass is 32.1. The van der Waals surface area contributed by atoms with Crippen LogP contribution in [-0.2, 0) is 35.2 Å². The van der Waals surface area contributed by atoms with Crippen molar-refractivity contribution >= 4 is 38.6 Å². The zero-order chi connectivity index (χ0) is 20.2. The number of benzene rings is 1. The lowest BCUT2D eigenvalue weighted by molar-refractivity contribution is -0.148. The van der Waals surface area contributed by atoms with Gasteiger partial charge in [0.05, 0.1) is 10.0 Å². The number of anilines is 2. The van der Waals surface area contributed by atoms with Crippen molar-refractivity contribution in [3.63, 3.8) is 0 Å². The minimum Gasteiger partial charge on any atom is -0.479 e. The Kier molecular flexibility index (Phi) is 6.33. The first-order chi connectivity index (χ1) is 14.2. The van der Waals surface area contributed by atoms with Crippen LogP contribution in [0.5, 0.6) is 0 Å². The number of fused-ring (bicyclic) bond motifs is 2. The van der Waals surface area contributed by atoms with Crippen molar-refractivity contribution in [3.05, 3.63) is 69.4 Å². The normalized spacial score (nSPS) is 14.2. The number of thiophene rings is 2. The standard InChI is InChI=1S/C23H25NO3S2/c1-27-20(23(25)26)15-17-6-4-16(5-7-17)3-2-12-24-21-18(10-13-28-21)8-9-19-11-14-29-22(19)24/h4-7,10-11,13-14,20H,2-3,8-9,12,15H2,1H3,(H,25,26). The molecule has 0 bridgehead atoms. The zero-order valence-electron chi connectivity index (χ0n) is 16.5. The molecule has 1 aliphatic heterocycles. The van der Waals surface area contributed by atoms with Gasteiger partial charge in [0.15, 0.2) is 6.10 Å². The molecule has 1 N–H and O–H groups in total. The fourth-order valence-electron chi connectivity index (χ4n) is 3.84. The smallest absolute Gasteiger partial charge is 0.333 e. The number of hydrogen-bond donors (Lipinski definition) is 1. The maximum Gasteiger partial charge on any atom is 0.333 e. The van der Waals surface area contributed by atoms with Gasteiger partial charge in [0.25, 0.3) is 0 Å². The summed E-state index contributed by atoms with van der Waals surface area (Å²) in [5.74, 6) is -0.921. The molecule has 4 rings (SSSR count). The Morgan fingerprint density at radius 3 is 2.17 bits per heavy atom. The van der Waals surface area contributed by atoms with Gasteiger partial charge in [-0.05, 0) is 70.8 Å². The lowest BCUT2D eigenvalue weighted by Gasteiger charge is -2.22. The Hall–Kier alpha value is -2.15. The van der Waals surface area contributed by atoms with Gasteiger partial charge in [-0.15, -0.1) is 22.7 Å². The number of carboxylic acids is 1. The molecule has 6 heteroatoms. The molecular weight excluding hydrogens is 402 g/mol. The number of ether oxygens (including phenoxy) is 1. The molecule has 4 nitrogen and oxygen atoms in total. The van der Waals surface area contributed by atoms with E-state index in [0.717, 1.165) is 37.8 Å². The second-order valence-corrected chi connectivity index (χ2v) is 9.13. The third kappa shape index (κ3) is 4.55. The van der Waals surface area contributed by atoms with Crippen LogP contribution in [0.1, 0.15) is 28.7 Å². The van der Waals surface area contributed by atoms with Crippen LogP contribution in [-0.4, -0.2) is 30.8 Å². The summed E-state index contributed by atoms with van der Waals surface area (Å²) in [5.41, 5.74) is 5.20. The first-order valence-electron chi connectivity index (χ1n) is 9.89. The summed E-state index contributed by atoms with van der Waals surface area (Å²) in [5, 5.41) is 16.4. The van der Waals surface area contributed by atoms with Crippen LogP contribution in [0.3, 0.4) is 0 Å². The Balaban J connectivity index is 1.39. The molecule has 0 spiro atoms. The highest BCUT2D eigenvalue weighted by Crippen LogP contribution is 2.42. The highest BCUT2D eigenvalue weighted by molar-refractivity contribution is 7.16. The van der Waals surface area contributed by atoms with E-state index in [1.165, 1.54) is 33.8 Å². The lowest BCUT2D eigenvalue weighted by atomic mass is 10.0. The van der Waals surface area contributed by atoms with Crippen molar-refractivity contribution in [1.29, 1.82) is 0 Å². The van der Waals surface area contributed by atoms with E-state index in [1.54, 1.807) is 0 Å². The Labute approximate surface area is 179 Å². The van der Waals surface area contributed by atoms with Gasteiger partial charge in [-0.3, -0.25) is 0 Å². The summed E-state index contributed by atoms with van der Waals surface area (Å²) in [7, 11) is 1.44. The van der Waals surface area contributed by atoms with Crippen molar-refractivity contribution in [2.75, 3.05) is 18.6 Å². The molecular formula is C23H25NO3S2. The predicted octanol–water partition coefficient (Wildman–Crippen LogP) is 5.32. The van der Waals surface area contributed by atoms with Crippen LogP contribution >= 0.6 is 22.7 Å². The van der Waals surface area contributed by atoms with Crippen molar-refractivity contribution < 1.29 is 14.6 Å². The van der Waals surface area contributed by atoms with Crippen LogP contribution in [0, 0.1) is 0 Å². The summed E-state index contributed by atoms with van der Waals surface area (Å²) < 4.78 is 5.03. The summed E-state index contributed by atoms with van der Waals surface area (Å²) in [6.45, 7) is 1.01. The number of carbonyl (C=O) groups is 1. The Morgan fingerprint density at radius 1 is 1.03 bits per heavy atom. The third-order valence-electron chi connectivity index (χ3n) is 5.45. The van der Waals surface area contributed by atoms with Gasteiger partial charge >= 0.3 is 5.97 Å². The fourth-order valence-corrected chi connectivity index (χ4v) is 5.89. The molecule has 1 unspecified atom stereocenters. The van der Waals surface area contributed by atoms with Crippen LogP contribution < -0.4 is 4.90 Å². The van der Waals surface area contributed by atoms with Gasteiger partial charge in [-0.2, -0.15) is 0 Å². The molecule has 29 heavy (non-hydrogen) atoms. The molecule has 1 aromatic carbocycles. The summed E-state index contributed by atoms with van der Waals surface area (Å²) in [4.78, 5) is 13.6. The van der Waals surface area contributed by atoms with Crippen molar-refractivity contribution in [2.45, 2.75) is 38.2 Å². The number of nitrogens with zero attached hydrogens (tertiary/aromatic N) is 1. The molecule has 2 aromatic heterocycles. The maximum atomic E-state index is 11.1. The molecule has 0 amide bonds. The quantitative estimate of drug-likeness (QED) is 0.528. The van der Waals surface area contributed by atoms with Crippen LogP contribution in [0.4, 0.5) is 10.0 Å². The van der Waals surface area contributed by atoms with Crippen LogP contribution in [0.25, 0.3) is 0 Å². The van der Waals surface area contributed by atoms with Crippen LogP contribution in [0.2, 0.25) is 0 Å². The van der Waals surface area contributed by atoms with Gasteiger partial charge in [-0.25, -0.2) is 4.79 Å². The van der Waals surface area contributed by atoms with Gasteiger partial charge < -0.3 is 14.7 Å². The van der Waals surface area contributed by atoms with Gasteiger partial charge in [-0.1, -0.05) is 24.3 Å². The third-order valence-corrected chi connectivity index (χ3v) is 7.41. The van der Waals surface area contributed by atoms with E-state index in [2.05, 4.69) is 39.9 Å². The highest BCUT2D eigenvalue weighted by Gasteiger charge is 2.22. The number of hydrogen-bond acceptors (Lipinski definition) is 5. The second kappa shape index (κ2) is 9.11. The zero-order valence-corrected chi connectivity index (χ0v) is 18.1. The Morgan fingerprint density at radius 2 is 1.62 bits per heavy atom. The van der Waals surface area contributed by atoms with E-state index < -0.39 is 12.1 Å². The summed E-state index contributed by atoms with van der Waals surface area (Å²) in [6, 6.07) is 12.8. The van der Waals surface area contributed by atoms with Gasteiger partial charge in [0, 0.05) is 20.1 Å². The molecule has 3 aromatic rings. The predicted molar refractivity (Wildman–Crippen MR) is 120 cm³/mol. The number of aliphatic carboxylic acids is 1. The molecule has 0 aliphatic carbocycles. The maximum absolute atomic E-state index is 11.1. The van der Waals surface area contributed by atoms with Crippen molar-refractivity contribution in [2.24, 2.45) is 0 Å². The second-order valence-electron chi connectivity index (χ2n) is 7.34. The number of methoxy groups -OCH3 is 1. The molecule has 0 fully saturated rings. The number of rotatable bonds is 8. The molecule has 3 heterocycles. The first-order valence-corrected chi connectivity index (χ1v) is 11.7. The van der Waals surface area contributed by atoms with Crippen molar-refractivity contribution in [1.82, 2.24) is 0 Å². The van der Waals surface area contributed by atoms with E-state index in [4.69, 9.17) is 9.84 Å². The first kappa shape index (κ1) is 20.1. The molecule has 0 radical (unpaired) electrons. The Bertz CT molecular complexity index is 918. The largest absolute Gasteiger partial charge is 0.479 e. The average molecular weight is 428 g/mol. The minimum absolute atomic E-state index is 0.391. The summed E-state index contributed by atoms with van der Waals surface area (Å²) in [6.07, 6.45) is 3.93. The molecule has 1 aliphatic rings. The summed E-state index contributed by atoms with van der Waals surface area (Å²) >= 11 is 3.69. The minimum atomic E-state index is -0.921. The lowest BCUT2D eigenvalue weighted by Crippen LogP contribution is -2.24. The van der Waals surface area contributed by atoms with E-state index in [9.17, 15) is 4.79 Å². The van der Waals surface area contributed by atoms with E-state index in [1.807, 2.05) is 34.8 Å². The molecule has 0 saturated carbocycles. The molecule has 0 saturated heterocycles. The topological polar surface area (TPSA) is 49.8 Å². The van der Waals surface area contributed by atoms with Crippen molar-refractivity contribution in [3.8, 4) is 0 Å². The number of aryl methyl sites for hydroxylation is 3. The molecule has 152 valence electrons. The van der Waals surface area contributed by atoms with E-state index >= 15 is 0 Å². The SMILES string of the molecule is COC(Cc1ccc(CCCN2c3sccc3CCc3ccsc32)cc1)C(=O)O. The van der Waals surface area contributed by atoms with Gasteiger partial charge in [0.1, 0.15) is 0 Å².